The number of rotatable bonds is 6. The predicted molar refractivity (Wildman–Crippen MR) is 131 cm³/mol. The van der Waals surface area contributed by atoms with E-state index >= 15 is 0 Å². The fourth-order valence-electron chi connectivity index (χ4n) is 4.20. The number of aromatic amines is 1. The largest absolute Gasteiger partial charge is 0.460 e. The lowest BCUT2D eigenvalue weighted by atomic mass is 9.87. The van der Waals surface area contributed by atoms with Crippen LogP contribution in [0, 0.1) is 11.6 Å². The van der Waals surface area contributed by atoms with Gasteiger partial charge in [-0.05, 0) is 74.0 Å². The van der Waals surface area contributed by atoms with Crippen molar-refractivity contribution >= 4 is 16.7 Å². The van der Waals surface area contributed by atoms with Crippen LogP contribution in [0.2, 0.25) is 0 Å². The number of carbonyl (C=O) groups is 1. The second kappa shape index (κ2) is 9.78. The molecule has 2 aromatic heterocycles. The van der Waals surface area contributed by atoms with Gasteiger partial charge in [-0.3, -0.25) is 14.6 Å². The van der Waals surface area contributed by atoms with Crippen molar-refractivity contribution in [2.75, 3.05) is 0 Å². The van der Waals surface area contributed by atoms with Gasteiger partial charge >= 0.3 is 5.97 Å². The Hall–Kier alpha value is -3.87. The quantitative estimate of drug-likeness (QED) is 0.350. The van der Waals surface area contributed by atoms with E-state index in [1.807, 2.05) is 24.3 Å². The first-order valence-corrected chi connectivity index (χ1v) is 11.3. The molecule has 0 bridgehead atoms. The second-order valence-electron chi connectivity index (χ2n) is 9.51. The van der Waals surface area contributed by atoms with Crippen molar-refractivity contribution < 1.29 is 18.3 Å². The van der Waals surface area contributed by atoms with Crippen LogP contribution in [0.25, 0.3) is 21.9 Å². The molecule has 2 heterocycles. The van der Waals surface area contributed by atoms with Gasteiger partial charge < -0.3 is 9.72 Å². The molecule has 0 aliphatic heterocycles. The molecule has 35 heavy (non-hydrogen) atoms. The van der Waals surface area contributed by atoms with Gasteiger partial charge in [0.1, 0.15) is 17.2 Å². The third-order valence-electron chi connectivity index (χ3n) is 5.55. The maximum Gasteiger partial charge on any atom is 0.306 e. The van der Waals surface area contributed by atoms with Crippen LogP contribution in [-0.4, -0.2) is 21.5 Å². The van der Waals surface area contributed by atoms with E-state index in [0.717, 1.165) is 22.6 Å². The average Bonchev–Trinajstić information content (AvgIpc) is 2.77. The number of hydrogen-bond donors (Lipinski definition) is 1. The van der Waals surface area contributed by atoms with Gasteiger partial charge in [-0.15, -0.1) is 0 Å². The Kier molecular flexibility index (Phi) is 6.78. The first kappa shape index (κ1) is 24.3. The average molecular weight is 477 g/mol. The highest BCUT2D eigenvalue weighted by Gasteiger charge is 2.25. The molecule has 1 atom stereocenters. The number of nitrogens with zero attached hydrogens (tertiary/aromatic N) is 1. The van der Waals surface area contributed by atoms with Crippen LogP contribution in [0.15, 0.2) is 71.8 Å². The Morgan fingerprint density at radius 3 is 2.51 bits per heavy atom. The Morgan fingerprint density at radius 2 is 1.80 bits per heavy atom. The van der Waals surface area contributed by atoms with Crippen LogP contribution in [0.3, 0.4) is 0 Å². The first-order valence-electron chi connectivity index (χ1n) is 11.3. The van der Waals surface area contributed by atoms with Crippen molar-refractivity contribution in [3.8, 4) is 11.1 Å². The fraction of sp³-hybridized carbons (Fsp3) is 0.250. The number of hydrogen-bond acceptors (Lipinski definition) is 4. The van der Waals surface area contributed by atoms with Gasteiger partial charge in [0.2, 0.25) is 0 Å². The predicted octanol–water partition coefficient (Wildman–Crippen LogP) is 5.93. The van der Waals surface area contributed by atoms with Gasteiger partial charge in [-0.25, -0.2) is 8.78 Å². The molecule has 0 radical (unpaired) electrons. The van der Waals surface area contributed by atoms with Crippen LogP contribution in [-0.2, 0) is 16.0 Å². The maximum atomic E-state index is 13.9. The van der Waals surface area contributed by atoms with Crippen LogP contribution in [0.1, 0.15) is 44.4 Å². The molecule has 1 N–H and O–H groups in total. The summed E-state index contributed by atoms with van der Waals surface area (Å²) < 4.78 is 33.4. The SMILES string of the molecule is CC(C)(C)OC(=O)C[C@@H](Cc1cc(F)cc(F)c1)c1ncccc1-c1ccc2cc[nH]c(=O)c2c1. The van der Waals surface area contributed by atoms with E-state index in [1.54, 1.807) is 45.3 Å². The third kappa shape index (κ3) is 5.98. The molecule has 4 aromatic rings. The molecule has 7 heteroatoms. The molecule has 180 valence electrons. The molecule has 0 aliphatic carbocycles. The number of fused-ring (bicyclic) bond motifs is 1. The second-order valence-corrected chi connectivity index (χ2v) is 9.51. The van der Waals surface area contributed by atoms with Gasteiger partial charge in [-0.1, -0.05) is 18.2 Å². The Labute approximate surface area is 201 Å². The number of benzene rings is 2. The van der Waals surface area contributed by atoms with Crippen LogP contribution in [0.5, 0.6) is 0 Å². The van der Waals surface area contributed by atoms with Crippen LogP contribution < -0.4 is 5.56 Å². The highest BCUT2D eigenvalue weighted by atomic mass is 19.1. The van der Waals surface area contributed by atoms with E-state index in [1.165, 1.54) is 12.1 Å². The zero-order valence-electron chi connectivity index (χ0n) is 19.8. The minimum atomic E-state index is -0.689. The summed E-state index contributed by atoms with van der Waals surface area (Å²) in [6, 6.07) is 14.3. The molecular formula is C28H26F2N2O3. The lowest BCUT2D eigenvalue weighted by Crippen LogP contribution is -2.25. The first-order chi connectivity index (χ1) is 16.6. The molecule has 0 saturated carbocycles. The summed E-state index contributed by atoms with van der Waals surface area (Å²) in [6.45, 7) is 5.34. The van der Waals surface area contributed by atoms with Crippen molar-refractivity contribution in [3.63, 3.8) is 0 Å². The number of esters is 1. The van der Waals surface area contributed by atoms with Crippen molar-refractivity contribution in [2.45, 2.75) is 45.1 Å². The van der Waals surface area contributed by atoms with Crippen molar-refractivity contribution in [1.29, 1.82) is 0 Å². The van der Waals surface area contributed by atoms with E-state index in [9.17, 15) is 18.4 Å². The fourth-order valence-corrected chi connectivity index (χ4v) is 4.20. The van der Waals surface area contributed by atoms with Gasteiger partial charge in [0.15, 0.2) is 0 Å². The monoisotopic (exact) mass is 476 g/mol. The van der Waals surface area contributed by atoms with E-state index in [-0.39, 0.29) is 18.4 Å². The summed E-state index contributed by atoms with van der Waals surface area (Å²) in [6.07, 6.45) is 3.34. The highest BCUT2D eigenvalue weighted by molar-refractivity contribution is 5.87. The molecule has 0 spiro atoms. The van der Waals surface area contributed by atoms with E-state index in [2.05, 4.69) is 9.97 Å². The number of nitrogens with one attached hydrogen (secondary N) is 1. The van der Waals surface area contributed by atoms with E-state index < -0.39 is 29.1 Å². The normalized spacial score (nSPS) is 12.5. The molecule has 0 aliphatic rings. The summed E-state index contributed by atoms with van der Waals surface area (Å²) in [7, 11) is 0. The molecular weight excluding hydrogens is 450 g/mol. The topological polar surface area (TPSA) is 72.0 Å². The van der Waals surface area contributed by atoms with Crippen LogP contribution in [0.4, 0.5) is 8.78 Å². The molecule has 2 aromatic carbocycles. The number of carbonyl (C=O) groups excluding carboxylic acids is 1. The number of H-pyrrole nitrogens is 1. The zero-order chi connectivity index (χ0) is 25.2. The summed E-state index contributed by atoms with van der Waals surface area (Å²) >= 11 is 0. The zero-order valence-corrected chi connectivity index (χ0v) is 19.8. The van der Waals surface area contributed by atoms with E-state index in [0.29, 0.717) is 16.6 Å². The number of halogens is 2. The Balaban J connectivity index is 1.79. The molecule has 0 saturated heterocycles. The summed E-state index contributed by atoms with van der Waals surface area (Å²) in [5.74, 6) is -2.34. The van der Waals surface area contributed by atoms with Crippen molar-refractivity contribution in [1.82, 2.24) is 9.97 Å². The van der Waals surface area contributed by atoms with E-state index in [4.69, 9.17) is 4.74 Å². The number of aromatic nitrogens is 2. The number of pyridine rings is 2. The molecule has 4 rings (SSSR count). The van der Waals surface area contributed by atoms with Crippen molar-refractivity contribution in [2.24, 2.45) is 0 Å². The number of ether oxygens (including phenoxy) is 1. The molecule has 5 nitrogen and oxygen atoms in total. The molecule has 0 fully saturated rings. The summed E-state index contributed by atoms with van der Waals surface area (Å²) in [4.78, 5) is 32.4. The van der Waals surface area contributed by atoms with Crippen molar-refractivity contribution in [3.05, 3.63) is 100 Å². The lowest BCUT2D eigenvalue weighted by Gasteiger charge is -2.23. The van der Waals surface area contributed by atoms with Gasteiger partial charge in [0.25, 0.3) is 5.56 Å². The minimum absolute atomic E-state index is 0.0341. The minimum Gasteiger partial charge on any atom is -0.460 e. The Morgan fingerprint density at radius 1 is 1.06 bits per heavy atom. The molecule has 0 unspecified atom stereocenters. The van der Waals surface area contributed by atoms with Gasteiger partial charge in [-0.2, -0.15) is 0 Å². The third-order valence-corrected chi connectivity index (χ3v) is 5.55. The van der Waals surface area contributed by atoms with Gasteiger partial charge in [0.05, 0.1) is 12.1 Å². The Bertz CT molecular complexity index is 1420. The van der Waals surface area contributed by atoms with Gasteiger partial charge in [0, 0.05) is 35.3 Å². The molecule has 0 amide bonds. The lowest BCUT2D eigenvalue weighted by molar-refractivity contribution is -0.155. The van der Waals surface area contributed by atoms with Crippen LogP contribution >= 0.6 is 0 Å². The summed E-state index contributed by atoms with van der Waals surface area (Å²) in [5.41, 5.74) is 1.56. The summed E-state index contributed by atoms with van der Waals surface area (Å²) in [5, 5.41) is 1.32. The maximum absolute atomic E-state index is 13.9. The smallest absolute Gasteiger partial charge is 0.306 e. The standard InChI is InChI=1S/C28H26F2N2O3/c1-28(2,3)35-25(33)15-20(11-17-12-21(29)16-22(30)13-17)26-23(5-4-9-31-26)19-7-6-18-8-10-32-27(34)24(18)14-19/h4-10,12-14,16,20H,11,15H2,1-3H3,(H,32,34)/t20-/m1/s1. The highest BCUT2D eigenvalue weighted by Crippen LogP contribution is 2.34.